The van der Waals surface area contributed by atoms with Crippen molar-refractivity contribution in [3.63, 3.8) is 0 Å². The maximum atomic E-state index is 12.5. The lowest BCUT2D eigenvalue weighted by atomic mass is 10.5. The molecule has 0 aliphatic carbocycles. The summed E-state index contributed by atoms with van der Waals surface area (Å²) < 4.78 is 23.3. The molecular weight excluding hydrogens is 227 g/mol. The molecule has 0 amide bonds. The molecule has 0 radical (unpaired) electrons. The summed E-state index contributed by atoms with van der Waals surface area (Å²) in [5.41, 5.74) is 0. The van der Waals surface area contributed by atoms with Crippen LogP contribution in [0.2, 0.25) is 0 Å². The van der Waals surface area contributed by atoms with Crippen molar-refractivity contribution in [3.8, 4) is 0 Å². The summed E-state index contributed by atoms with van der Waals surface area (Å²) in [5.74, 6) is 0. The highest BCUT2D eigenvalue weighted by Crippen LogP contribution is 2.48. The maximum absolute atomic E-state index is 12.5. The van der Waals surface area contributed by atoms with Gasteiger partial charge in [-0.15, -0.1) is 0 Å². The molecular formula is C10H17N2O3P. The molecule has 1 aromatic heterocycles. The van der Waals surface area contributed by atoms with Crippen molar-refractivity contribution in [2.24, 2.45) is 0 Å². The minimum absolute atomic E-state index is 0.190. The topological polar surface area (TPSA) is 61.3 Å². The van der Waals surface area contributed by atoms with Gasteiger partial charge in [-0.1, -0.05) is 0 Å². The van der Waals surface area contributed by atoms with Gasteiger partial charge in [0.15, 0.2) is 0 Å². The van der Waals surface area contributed by atoms with E-state index in [1.165, 1.54) is 18.7 Å². The van der Waals surface area contributed by atoms with Crippen LogP contribution in [0.5, 0.6) is 0 Å². The molecule has 6 heteroatoms. The van der Waals surface area contributed by atoms with Gasteiger partial charge < -0.3 is 9.05 Å². The van der Waals surface area contributed by atoms with E-state index in [4.69, 9.17) is 9.05 Å². The average Bonchev–Trinajstić information content (AvgIpc) is 2.16. The predicted octanol–water partition coefficient (Wildman–Crippen LogP) is 2.14. The number of rotatable bonds is 5. The maximum Gasteiger partial charge on any atom is 0.364 e. The summed E-state index contributed by atoms with van der Waals surface area (Å²) >= 11 is 0. The van der Waals surface area contributed by atoms with Gasteiger partial charge in [0, 0.05) is 12.4 Å². The van der Waals surface area contributed by atoms with Crippen LogP contribution in [-0.4, -0.2) is 22.2 Å². The van der Waals surface area contributed by atoms with E-state index in [1.807, 2.05) is 0 Å². The fourth-order valence-corrected chi connectivity index (χ4v) is 2.95. The Labute approximate surface area is 95.8 Å². The molecule has 0 aromatic carbocycles. The van der Waals surface area contributed by atoms with Gasteiger partial charge in [0.1, 0.15) is 11.6 Å². The molecule has 0 atom stereocenters. The second-order valence-electron chi connectivity index (χ2n) is 3.90. The van der Waals surface area contributed by atoms with Crippen LogP contribution in [0.1, 0.15) is 27.7 Å². The second kappa shape index (κ2) is 5.53. The van der Waals surface area contributed by atoms with Gasteiger partial charge in [0.2, 0.25) is 0 Å². The summed E-state index contributed by atoms with van der Waals surface area (Å²) in [6.07, 6.45) is 3.91. The number of nitrogens with zero attached hydrogens (tertiary/aromatic N) is 2. The Morgan fingerprint density at radius 1 is 1.06 bits per heavy atom. The van der Waals surface area contributed by atoms with Crippen LogP contribution in [0.25, 0.3) is 0 Å². The van der Waals surface area contributed by atoms with E-state index in [-0.39, 0.29) is 12.2 Å². The zero-order valence-corrected chi connectivity index (χ0v) is 10.8. The molecule has 1 heterocycles. The van der Waals surface area contributed by atoms with Crippen LogP contribution in [0.15, 0.2) is 18.7 Å². The van der Waals surface area contributed by atoms with Crippen LogP contribution in [0.3, 0.4) is 0 Å². The van der Waals surface area contributed by atoms with Crippen molar-refractivity contribution in [1.29, 1.82) is 0 Å². The first-order valence-electron chi connectivity index (χ1n) is 5.16. The zero-order chi connectivity index (χ0) is 12.2. The van der Waals surface area contributed by atoms with E-state index in [2.05, 4.69) is 9.97 Å². The molecule has 0 bridgehead atoms. The molecule has 1 rings (SSSR count). The molecule has 0 aliphatic rings. The van der Waals surface area contributed by atoms with Gasteiger partial charge in [0.25, 0.3) is 0 Å². The first kappa shape index (κ1) is 13.3. The Balaban J connectivity index is 3.00. The van der Waals surface area contributed by atoms with E-state index in [9.17, 15) is 4.57 Å². The first-order valence-corrected chi connectivity index (χ1v) is 6.70. The van der Waals surface area contributed by atoms with Gasteiger partial charge in [-0.3, -0.25) is 4.57 Å². The Kier molecular flexibility index (Phi) is 4.59. The van der Waals surface area contributed by atoms with E-state index in [0.29, 0.717) is 5.30 Å². The minimum atomic E-state index is -3.31. The minimum Gasteiger partial charge on any atom is -0.302 e. The van der Waals surface area contributed by atoms with Gasteiger partial charge >= 0.3 is 7.60 Å². The predicted molar refractivity (Wildman–Crippen MR) is 61.7 cm³/mol. The molecule has 0 unspecified atom stereocenters. The normalized spacial score (nSPS) is 12.4. The molecule has 1 aromatic rings. The van der Waals surface area contributed by atoms with Crippen LogP contribution >= 0.6 is 7.60 Å². The molecule has 16 heavy (non-hydrogen) atoms. The largest absolute Gasteiger partial charge is 0.364 e. The van der Waals surface area contributed by atoms with E-state index in [0.717, 1.165) is 0 Å². The summed E-state index contributed by atoms with van der Waals surface area (Å²) in [6, 6.07) is 0. The lowest BCUT2D eigenvalue weighted by molar-refractivity contribution is 0.150. The Morgan fingerprint density at radius 3 is 1.88 bits per heavy atom. The quantitative estimate of drug-likeness (QED) is 0.742. The molecule has 5 nitrogen and oxygen atoms in total. The third-order valence-electron chi connectivity index (χ3n) is 1.56. The summed E-state index contributed by atoms with van der Waals surface area (Å²) in [6.45, 7) is 7.22. The molecule has 0 spiro atoms. The highest BCUT2D eigenvalue weighted by atomic mass is 31.2. The smallest absolute Gasteiger partial charge is 0.302 e. The van der Waals surface area contributed by atoms with Crippen molar-refractivity contribution in [3.05, 3.63) is 18.7 Å². The lowest BCUT2D eigenvalue weighted by Crippen LogP contribution is -2.17. The standard InChI is InChI=1S/C10H17N2O3P/c1-8(2)14-16(13,15-9(3)4)10-5-11-7-12-6-10/h5-9H,1-4H3. The van der Waals surface area contributed by atoms with E-state index < -0.39 is 7.60 Å². The van der Waals surface area contributed by atoms with Crippen molar-refractivity contribution < 1.29 is 13.6 Å². The number of aromatic nitrogens is 2. The average molecular weight is 244 g/mol. The van der Waals surface area contributed by atoms with Crippen molar-refractivity contribution in [2.75, 3.05) is 0 Å². The molecule has 0 saturated heterocycles. The van der Waals surface area contributed by atoms with Gasteiger partial charge in [0.05, 0.1) is 12.2 Å². The van der Waals surface area contributed by atoms with Crippen LogP contribution < -0.4 is 5.30 Å². The zero-order valence-electron chi connectivity index (χ0n) is 9.95. The van der Waals surface area contributed by atoms with Crippen LogP contribution in [-0.2, 0) is 13.6 Å². The molecule has 0 N–H and O–H groups in total. The molecule has 0 fully saturated rings. The molecule has 0 aliphatic heterocycles. The third kappa shape index (κ3) is 3.67. The number of hydrogen-bond donors (Lipinski definition) is 0. The summed E-state index contributed by atoms with van der Waals surface area (Å²) in [4.78, 5) is 7.64. The van der Waals surface area contributed by atoms with Gasteiger partial charge in [-0.25, -0.2) is 9.97 Å². The first-order chi connectivity index (χ1) is 7.44. The fraction of sp³-hybridized carbons (Fsp3) is 0.600. The lowest BCUT2D eigenvalue weighted by Gasteiger charge is -2.22. The third-order valence-corrected chi connectivity index (χ3v) is 3.82. The van der Waals surface area contributed by atoms with E-state index >= 15 is 0 Å². The Bertz CT molecular complexity index is 354. The van der Waals surface area contributed by atoms with Crippen molar-refractivity contribution >= 4 is 12.9 Å². The molecule has 0 saturated carbocycles. The highest BCUT2D eigenvalue weighted by Gasteiger charge is 2.30. The van der Waals surface area contributed by atoms with Gasteiger partial charge in [-0.2, -0.15) is 0 Å². The van der Waals surface area contributed by atoms with Gasteiger partial charge in [-0.05, 0) is 27.7 Å². The summed E-state index contributed by atoms with van der Waals surface area (Å²) in [5, 5.41) is 0.386. The van der Waals surface area contributed by atoms with Crippen molar-refractivity contribution in [1.82, 2.24) is 9.97 Å². The van der Waals surface area contributed by atoms with Crippen molar-refractivity contribution in [2.45, 2.75) is 39.9 Å². The molecule has 90 valence electrons. The fourth-order valence-electron chi connectivity index (χ4n) is 1.13. The Hall–Kier alpha value is -0.770. The van der Waals surface area contributed by atoms with Crippen LogP contribution in [0, 0.1) is 0 Å². The monoisotopic (exact) mass is 244 g/mol. The Morgan fingerprint density at radius 2 is 1.50 bits per heavy atom. The SMILES string of the molecule is CC(C)OP(=O)(OC(C)C)c1cncnc1. The second-order valence-corrected chi connectivity index (χ2v) is 5.84. The van der Waals surface area contributed by atoms with Crippen LogP contribution in [0.4, 0.5) is 0 Å². The highest BCUT2D eigenvalue weighted by molar-refractivity contribution is 7.62. The summed E-state index contributed by atoms with van der Waals surface area (Å²) in [7, 11) is -3.31. The number of hydrogen-bond acceptors (Lipinski definition) is 5. The van der Waals surface area contributed by atoms with E-state index in [1.54, 1.807) is 27.7 Å².